The second-order valence-corrected chi connectivity index (χ2v) is 5.09. The number of benzene rings is 1. The van der Waals surface area contributed by atoms with E-state index in [4.69, 9.17) is 5.73 Å². The number of pyridine rings is 1. The van der Waals surface area contributed by atoms with Crippen molar-refractivity contribution in [3.8, 4) is 0 Å². The van der Waals surface area contributed by atoms with E-state index in [0.29, 0.717) is 6.54 Å². The maximum Gasteiger partial charge on any atom is 0.129 e. The molecule has 3 nitrogen and oxygen atoms in total. The second kappa shape index (κ2) is 7.06. The predicted octanol–water partition coefficient (Wildman–Crippen LogP) is 3.27. The highest BCUT2D eigenvalue weighted by Gasteiger charge is 2.09. The van der Waals surface area contributed by atoms with Crippen LogP contribution in [0.3, 0.4) is 0 Å². The number of nitrogens with two attached hydrogens (primary N) is 1. The van der Waals surface area contributed by atoms with Crippen LogP contribution < -0.4 is 10.6 Å². The molecule has 1 aromatic carbocycles. The fraction of sp³-hybridized carbons (Fsp3) is 0.353. The van der Waals surface area contributed by atoms with Crippen LogP contribution in [0.1, 0.15) is 30.2 Å². The van der Waals surface area contributed by atoms with Gasteiger partial charge in [-0.2, -0.15) is 0 Å². The Morgan fingerprint density at radius 2 is 1.85 bits per heavy atom. The summed E-state index contributed by atoms with van der Waals surface area (Å²) in [4.78, 5) is 6.99. The average molecular weight is 269 g/mol. The minimum atomic E-state index is 0.557. The third-order valence-corrected chi connectivity index (χ3v) is 3.27. The van der Waals surface area contributed by atoms with Gasteiger partial charge in [0.05, 0.1) is 0 Å². The molecule has 0 saturated carbocycles. The lowest BCUT2D eigenvalue weighted by Gasteiger charge is -2.24. The zero-order valence-electron chi connectivity index (χ0n) is 12.3. The van der Waals surface area contributed by atoms with E-state index in [1.807, 2.05) is 13.0 Å². The van der Waals surface area contributed by atoms with Crippen molar-refractivity contribution in [3.63, 3.8) is 0 Å². The van der Waals surface area contributed by atoms with Crippen molar-refractivity contribution in [3.05, 3.63) is 59.3 Å². The maximum atomic E-state index is 5.77. The topological polar surface area (TPSA) is 42.1 Å². The van der Waals surface area contributed by atoms with Gasteiger partial charge in [-0.1, -0.05) is 37.3 Å². The summed E-state index contributed by atoms with van der Waals surface area (Å²) in [5.74, 6) is 1.02. The fourth-order valence-corrected chi connectivity index (χ4v) is 2.35. The van der Waals surface area contributed by atoms with Crippen molar-refractivity contribution >= 4 is 5.82 Å². The van der Waals surface area contributed by atoms with Gasteiger partial charge in [0.15, 0.2) is 0 Å². The zero-order chi connectivity index (χ0) is 14.4. The summed E-state index contributed by atoms with van der Waals surface area (Å²) in [5.41, 5.74) is 9.24. The third kappa shape index (κ3) is 3.81. The van der Waals surface area contributed by atoms with Crippen LogP contribution in [0.4, 0.5) is 5.82 Å². The van der Waals surface area contributed by atoms with E-state index in [1.54, 1.807) is 0 Å². The molecule has 0 amide bonds. The standard InChI is InChI=1S/C17H23N3/c1-3-9-20(13-15-7-5-4-6-8-15)17-11-16(12-18)10-14(2)19-17/h4-8,10-11H,3,9,12-13,18H2,1-2H3. The summed E-state index contributed by atoms with van der Waals surface area (Å²) < 4.78 is 0. The largest absolute Gasteiger partial charge is 0.352 e. The summed E-state index contributed by atoms with van der Waals surface area (Å²) >= 11 is 0. The van der Waals surface area contributed by atoms with Crippen molar-refractivity contribution in [2.75, 3.05) is 11.4 Å². The Bertz CT molecular complexity index is 537. The molecule has 0 aliphatic heterocycles. The van der Waals surface area contributed by atoms with Crippen LogP contribution in [0.25, 0.3) is 0 Å². The molecule has 106 valence electrons. The molecule has 0 spiro atoms. The Morgan fingerprint density at radius 3 is 2.50 bits per heavy atom. The molecule has 0 saturated heterocycles. The molecule has 2 aromatic rings. The molecular formula is C17H23N3. The molecule has 0 unspecified atom stereocenters. The van der Waals surface area contributed by atoms with Crippen LogP contribution in [0.5, 0.6) is 0 Å². The number of hydrogen-bond donors (Lipinski definition) is 1. The van der Waals surface area contributed by atoms with Gasteiger partial charge < -0.3 is 10.6 Å². The Hall–Kier alpha value is -1.87. The summed E-state index contributed by atoms with van der Waals surface area (Å²) in [5, 5.41) is 0. The number of aromatic nitrogens is 1. The first-order chi connectivity index (χ1) is 9.72. The Morgan fingerprint density at radius 1 is 1.10 bits per heavy atom. The minimum Gasteiger partial charge on any atom is -0.352 e. The number of anilines is 1. The van der Waals surface area contributed by atoms with Crippen molar-refractivity contribution in [1.29, 1.82) is 0 Å². The molecular weight excluding hydrogens is 246 g/mol. The summed E-state index contributed by atoms with van der Waals surface area (Å²) in [6.07, 6.45) is 1.10. The van der Waals surface area contributed by atoms with Crippen LogP contribution >= 0.6 is 0 Å². The summed E-state index contributed by atoms with van der Waals surface area (Å²) in [7, 11) is 0. The minimum absolute atomic E-state index is 0.557. The van der Waals surface area contributed by atoms with E-state index in [-0.39, 0.29) is 0 Å². The Balaban J connectivity index is 2.26. The Labute approximate surface area is 121 Å². The van der Waals surface area contributed by atoms with Crippen LogP contribution in [-0.4, -0.2) is 11.5 Å². The molecule has 20 heavy (non-hydrogen) atoms. The van der Waals surface area contributed by atoms with Crippen molar-refractivity contribution in [2.24, 2.45) is 5.73 Å². The maximum absolute atomic E-state index is 5.77. The van der Waals surface area contributed by atoms with E-state index in [0.717, 1.165) is 36.6 Å². The van der Waals surface area contributed by atoms with Crippen molar-refractivity contribution in [2.45, 2.75) is 33.4 Å². The van der Waals surface area contributed by atoms with Crippen LogP contribution in [0.2, 0.25) is 0 Å². The SMILES string of the molecule is CCCN(Cc1ccccc1)c1cc(CN)cc(C)n1. The normalized spacial score (nSPS) is 10.6. The smallest absolute Gasteiger partial charge is 0.129 e. The molecule has 1 heterocycles. The zero-order valence-corrected chi connectivity index (χ0v) is 12.3. The molecule has 0 atom stereocenters. The first-order valence-corrected chi connectivity index (χ1v) is 7.19. The van der Waals surface area contributed by atoms with E-state index in [9.17, 15) is 0 Å². The molecule has 0 bridgehead atoms. The molecule has 2 rings (SSSR count). The lowest BCUT2D eigenvalue weighted by atomic mass is 10.2. The van der Waals surface area contributed by atoms with Crippen molar-refractivity contribution in [1.82, 2.24) is 4.98 Å². The molecule has 0 aliphatic carbocycles. The van der Waals surface area contributed by atoms with Crippen LogP contribution in [0.15, 0.2) is 42.5 Å². The van der Waals surface area contributed by atoms with Gasteiger partial charge in [-0.25, -0.2) is 4.98 Å². The van der Waals surface area contributed by atoms with Gasteiger partial charge in [0.25, 0.3) is 0 Å². The fourth-order valence-electron chi connectivity index (χ4n) is 2.35. The number of hydrogen-bond acceptors (Lipinski definition) is 3. The number of nitrogens with zero attached hydrogens (tertiary/aromatic N) is 2. The summed E-state index contributed by atoms with van der Waals surface area (Å²) in [6, 6.07) is 14.7. The molecule has 3 heteroatoms. The first kappa shape index (κ1) is 14.5. The average Bonchev–Trinajstić information content (AvgIpc) is 2.47. The van der Waals surface area contributed by atoms with Gasteiger partial charge in [0.2, 0.25) is 0 Å². The van der Waals surface area contributed by atoms with Gasteiger partial charge in [0.1, 0.15) is 5.82 Å². The predicted molar refractivity (Wildman–Crippen MR) is 84.6 cm³/mol. The van der Waals surface area contributed by atoms with Crippen LogP contribution in [-0.2, 0) is 13.1 Å². The van der Waals surface area contributed by atoms with E-state index in [2.05, 4.69) is 53.2 Å². The lowest BCUT2D eigenvalue weighted by Crippen LogP contribution is -2.25. The Kier molecular flexibility index (Phi) is 5.13. The van der Waals surface area contributed by atoms with E-state index in [1.165, 1.54) is 5.56 Å². The number of aryl methyl sites for hydroxylation is 1. The third-order valence-electron chi connectivity index (χ3n) is 3.27. The highest BCUT2D eigenvalue weighted by molar-refractivity contribution is 5.43. The van der Waals surface area contributed by atoms with Crippen molar-refractivity contribution < 1.29 is 0 Å². The lowest BCUT2D eigenvalue weighted by molar-refractivity contribution is 0.751. The highest BCUT2D eigenvalue weighted by atomic mass is 15.2. The molecule has 0 fully saturated rings. The summed E-state index contributed by atoms with van der Waals surface area (Å²) in [6.45, 7) is 6.65. The molecule has 0 radical (unpaired) electrons. The van der Waals surface area contributed by atoms with E-state index >= 15 is 0 Å². The van der Waals surface area contributed by atoms with Gasteiger partial charge >= 0.3 is 0 Å². The molecule has 0 aliphatic rings. The number of rotatable bonds is 6. The second-order valence-electron chi connectivity index (χ2n) is 5.09. The first-order valence-electron chi connectivity index (χ1n) is 7.19. The monoisotopic (exact) mass is 269 g/mol. The highest BCUT2D eigenvalue weighted by Crippen LogP contribution is 2.18. The quantitative estimate of drug-likeness (QED) is 0.875. The van der Waals surface area contributed by atoms with Gasteiger partial charge in [0, 0.05) is 25.3 Å². The van der Waals surface area contributed by atoms with Crippen LogP contribution in [0, 0.1) is 6.92 Å². The van der Waals surface area contributed by atoms with Gasteiger partial charge in [-0.05, 0) is 36.6 Å². The van der Waals surface area contributed by atoms with Gasteiger partial charge in [-0.3, -0.25) is 0 Å². The molecule has 2 N–H and O–H groups in total. The van der Waals surface area contributed by atoms with E-state index < -0.39 is 0 Å². The van der Waals surface area contributed by atoms with Gasteiger partial charge in [-0.15, -0.1) is 0 Å². The molecule has 1 aromatic heterocycles.